The fraction of sp³-hybridized carbons (Fsp3) is 0.526. The van der Waals surface area contributed by atoms with Gasteiger partial charge in [-0.2, -0.15) is 26.3 Å². The topological polar surface area (TPSA) is 56.8 Å². The molecule has 0 radical (unpaired) electrons. The summed E-state index contributed by atoms with van der Waals surface area (Å²) < 4.78 is 90.3. The van der Waals surface area contributed by atoms with Gasteiger partial charge in [0, 0.05) is 6.66 Å². The quantitative estimate of drug-likeness (QED) is 0.398. The molecule has 13 heteroatoms. The van der Waals surface area contributed by atoms with Crippen LogP contribution in [0.3, 0.4) is 0 Å². The molecular weight excluding hydrogens is 483 g/mol. The van der Waals surface area contributed by atoms with Gasteiger partial charge in [-0.3, -0.25) is 4.79 Å². The van der Waals surface area contributed by atoms with Gasteiger partial charge in [0.2, 0.25) is 6.49 Å². The zero-order valence-electron chi connectivity index (χ0n) is 17.8. The molecule has 0 aliphatic carbocycles. The maximum Gasteiger partial charge on any atom is 0.422 e. The van der Waals surface area contributed by atoms with Crippen LogP contribution in [0.25, 0.3) is 5.57 Å². The Morgan fingerprint density at radius 3 is 2.00 bits per heavy atom. The predicted molar refractivity (Wildman–Crippen MR) is 110 cm³/mol. The van der Waals surface area contributed by atoms with Crippen molar-refractivity contribution in [2.75, 3.05) is 19.9 Å². The minimum absolute atomic E-state index is 0.00525. The van der Waals surface area contributed by atoms with E-state index in [-0.39, 0.29) is 17.1 Å². The third kappa shape index (κ3) is 6.86. The Bertz CT molecular complexity index is 964. The van der Waals surface area contributed by atoms with E-state index in [0.29, 0.717) is 16.7 Å². The van der Waals surface area contributed by atoms with Gasteiger partial charge in [-0.1, -0.05) is 0 Å². The molecule has 0 saturated heterocycles. The highest BCUT2D eigenvalue weighted by Crippen LogP contribution is 2.52. The highest BCUT2D eigenvalue weighted by molar-refractivity contribution is 8.09. The van der Waals surface area contributed by atoms with E-state index in [1.165, 1.54) is 18.8 Å². The van der Waals surface area contributed by atoms with Crippen molar-refractivity contribution in [2.24, 2.45) is 0 Å². The summed E-state index contributed by atoms with van der Waals surface area (Å²) in [6.07, 6.45) is -9.13. The van der Waals surface area contributed by atoms with Crippen LogP contribution in [0.15, 0.2) is 17.9 Å². The molecule has 1 atom stereocenters. The average Bonchev–Trinajstić information content (AvgIpc) is 2.79. The van der Waals surface area contributed by atoms with Crippen LogP contribution in [0.4, 0.5) is 26.3 Å². The summed E-state index contributed by atoms with van der Waals surface area (Å²) in [7, 11) is 0. The van der Waals surface area contributed by atoms with Crippen molar-refractivity contribution in [3.63, 3.8) is 0 Å². The molecule has 0 spiro atoms. The molecule has 0 bridgehead atoms. The molecular formula is C19H22F6NO4PS. The van der Waals surface area contributed by atoms with Crippen molar-refractivity contribution >= 4 is 29.8 Å². The number of ether oxygens (including phenoxy) is 1. The van der Waals surface area contributed by atoms with Crippen molar-refractivity contribution in [1.82, 2.24) is 5.32 Å². The molecule has 1 unspecified atom stereocenters. The summed E-state index contributed by atoms with van der Waals surface area (Å²) in [4.78, 5) is 12.8. The van der Waals surface area contributed by atoms with Gasteiger partial charge in [-0.05, 0) is 68.3 Å². The molecule has 0 saturated carbocycles. The smallest absolute Gasteiger partial charge is 0.422 e. The maximum atomic E-state index is 12.8. The number of aryl methyl sites for hydroxylation is 2. The summed E-state index contributed by atoms with van der Waals surface area (Å²) in [5, 5.41) is 2.68. The molecule has 1 aromatic rings. The van der Waals surface area contributed by atoms with Crippen molar-refractivity contribution in [3.8, 4) is 5.75 Å². The lowest BCUT2D eigenvalue weighted by Crippen LogP contribution is -2.38. The normalized spacial score (nSPS) is 18.4. The first kappa shape index (κ1) is 26.5. The van der Waals surface area contributed by atoms with Gasteiger partial charge in [0.25, 0.3) is 5.91 Å². The monoisotopic (exact) mass is 505 g/mol. The molecule has 180 valence electrons. The minimum Gasteiger partial charge on any atom is -0.484 e. The van der Waals surface area contributed by atoms with Gasteiger partial charge < -0.3 is 19.1 Å². The number of hydrogen-bond acceptors (Lipinski definition) is 5. The number of nitrogens with one attached hydrogen (secondary N) is 1. The molecule has 1 amide bonds. The van der Waals surface area contributed by atoms with Gasteiger partial charge >= 0.3 is 12.4 Å². The lowest BCUT2D eigenvalue weighted by Gasteiger charge is -2.28. The summed E-state index contributed by atoms with van der Waals surface area (Å²) >= 11 is 5.11. The fourth-order valence-corrected chi connectivity index (χ4v) is 4.62. The van der Waals surface area contributed by atoms with Gasteiger partial charge in [-0.25, -0.2) is 0 Å². The second kappa shape index (κ2) is 8.87. The third-order valence-electron chi connectivity index (χ3n) is 4.33. The highest BCUT2D eigenvalue weighted by atomic mass is 32.5. The molecule has 1 heterocycles. The molecule has 2 rings (SSSR count). The van der Waals surface area contributed by atoms with E-state index in [0.717, 1.165) is 0 Å². The number of halogens is 6. The molecule has 1 aromatic carbocycles. The first-order valence-electron chi connectivity index (χ1n) is 9.18. The van der Waals surface area contributed by atoms with Crippen molar-refractivity contribution in [1.29, 1.82) is 0 Å². The van der Waals surface area contributed by atoms with E-state index in [4.69, 9.17) is 25.6 Å². The Hall–Kier alpha value is -1.78. The number of amides is 1. The summed E-state index contributed by atoms with van der Waals surface area (Å²) in [6, 6.07) is 2.67. The van der Waals surface area contributed by atoms with Gasteiger partial charge in [0.1, 0.15) is 11.5 Å². The minimum atomic E-state index is -4.61. The van der Waals surface area contributed by atoms with Gasteiger partial charge in [0.15, 0.2) is 13.2 Å². The molecule has 5 nitrogen and oxygen atoms in total. The number of alkyl halides is 6. The standard InChI is InChI=1S/C19H22F6NO4PS/c1-10-6-12(28-8-18(20,21)22)7-11(2)13(10)14-15(17(3,4)26-16(14)27)30-31(5,32)29-9-19(23,24)25/h6-7H,8-9H2,1-5H3,(H,26,27). The predicted octanol–water partition coefficient (Wildman–Crippen LogP) is 5.40. The molecule has 1 aliphatic rings. The largest absolute Gasteiger partial charge is 0.484 e. The van der Waals surface area contributed by atoms with E-state index >= 15 is 0 Å². The molecule has 32 heavy (non-hydrogen) atoms. The lowest BCUT2D eigenvalue weighted by molar-refractivity contribution is -0.154. The van der Waals surface area contributed by atoms with Crippen LogP contribution in [0.5, 0.6) is 5.75 Å². The average molecular weight is 505 g/mol. The summed E-state index contributed by atoms with van der Waals surface area (Å²) in [5.74, 6) is -0.604. The van der Waals surface area contributed by atoms with E-state index < -0.39 is 43.5 Å². The fourth-order valence-electron chi connectivity index (χ4n) is 3.15. The van der Waals surface area contributed by atoms with Crippen LogP contribution in [0.1, 0.15) is 30.5 Å². The Balaban J connectivity index is 2.49. The highest BCUT2D eigenvalue weighted by Gasteiger charge is 2.43. The van der Waals surface area contributed by atoms with Crippen LogP contribution in [0.2, 0.25) is 0 Å². The van der Waals surface area contributed by atoms with E-state index in [1.54, 1.807) is 27.7 Å². The van der Waals surface area contributed by atoms with Gasteiger partial charge in [-0.15, -0.1) is 0 Å². The van der Waals surface area contributed by atoms with E-state index in [9.17, 15) is 31.1 Å². The van der Waals surface area contributed by atoms with Crippen LogP contribution >= 0.6 is 6.49 Å². The lowest BCUT2D eigenvalue weighted by atomic mass is 9.92. The molecule has 1 N–H and O–H groups in total. The SMILES string of the molecule is Cc1cc(OCC(F)(F)F)cc(C)c1C1=C(OP(C)(=S)OCC(F)(F)F)C(C)(C)NC1=O. The first-order chi connectivity index (χ1) is 14.3. The number of carbonyl (C=O) groups is 1. The maximum absolute atomic E-state index is 12.8. The van der Waals surface area contributed by atoms with Crippen molar-refractivity contribution in [3.05, 3.63) is 34.6 Å². The summed E-state index contributed by atoms with van der Waals surface area (Å²) in [6.45, 7) is 0.962. The number of hydrogen-bond donors (Lipinski definition) is 1. The van der Waals surface area contributed by atoms with E-state index in [1.807, 2.05) is 0 Å². The molecule has 0 fully saturated rings. The van der Waals surface area contributed by atoms with E-state index in [2.05, 4.69) is 5.32 Å². The Morgan fingerprint density at radius 1 is 1.03 bits per heavy atom. The number of rotatable bonds is 7. The Kier molecular flexibility index (Phi) is 7.34. The zero-order valence-corrected chi connectivity index (χ0v) is 19.5. The molecule has 0 aromatic heterocycles. The third-order valence-corrected chi connectivity index (χ3v) is 5.98. The first-order valence-corrected chi connectivity index (χ1v) is 12.3. The van der Waals surface area contributed by atoms with Gasteiger partial charge in [0.05, 0.1) is 11.1 Å². The Morgan fingerprint density at radius 2 is 1.53 bits per heavy atom. The zero-order chi connectivity index (χ0) is 24.7. The second-order valence-electron chi connectivity index (χ2n) is 7.87. The second-order valence-corrected chi connectivity index (χ2v) is 11.8. The number of benzene rings is 1. The van der Waals surface area contributed by atoms with Crippen LogP contribution in [-0.4, -0.2) is 43.7 Å². The van der Waals surface area contributed by atoms with Crippen molar-refractivity contribution < 1.29 is 44.9 Å². The number of carbonyl (C=O) groups excluding carboxylic acids is 1. The van der Waals surface area contributed by atoms with Crippen LogP contribution in [0, 0.1) is 13.8 Å². The van der Waals surface area contributed by atoms with Crippen LogP contribution < -0.4 is 10.1 Å². The molecule has 1 aliphatic heterocycles. The Labute approximate surface area is 186 Å². The van der Waals surface area contributed by atoms with Crippen molar-refractivity contribution in [2.45, 2.75) is 45.6 Å². The van der Waals surface area contributed by atoms with Crippen LogP contribution in [-0.2, 0) is 25.6 Å². The summed E-state index contributed by atoms with van der Waals surface area (Å²) in [5.41, 5.74) is 0.0871.